The molecule has 17 aromatic carbocycles. The summed E-state index contributed by atoms with van der Waals surface area (Å²) in [5, 5.41) is 15.0. The van der Waals surface area contributed by atoms with Crippen LogP contribution >= 0.6 is 0 Å². The summed E-state index contributed by atoms with van der Waals surface area (Å²) in [7, 11) is 0. The minimum Gasteiger partial charge on any atom is -0.311 e. The van der Waals surface area contributed by atoms with Gasteiger partial charge in [-0.3, -0.25) is 0 Å². The van der Waals surface area contributed by atoms with E-state index in [2.05, 4.69) is 392 Å². The Morgan fingerprint density at radius 3 is 1.17 bits per heavy atom. The van der Waals surface area contributed by atoms with Gasteiger partial charge in [0.05, 0.1) is 0 Å². The minimum atomic E-state index is 0.348. The molecular formula is C98H66N2. The van der Waals surface area contributed by atoms with Gasteiger partial charge < -0.3 is 9.80 Å². The molecule has 0 bridgehead atoms. The van der Waals surface area contributed by atoms with Gasteiger partial charge in [-0.1, -0.05) is 303 Å². The largest absolute Gasteiger partial charge is 0.311 e. The smallest absolute Gasteiger partial charge is 0.0462 e. The summed E-state index contributed by atoms with van der Waals surface area (Å²) in [6, 6.07) is 132. The second-order valence-corrected chi connectivity index (χ2v) is 26.6. The van der Waals surface area contributed by atoms with Crippen LogP contribution in [0.5, 0.6) is 0 Å². The molecule has 0 saturated carbocycles. The van der Waals surface area contributed by atoms with Crippen molar-refractivity contribution in [1.29, 1.82) is 0 Å². The van der Waals surface area contributed by atoms with Gasteiger partial charge in [0.2, 0.25) is 0 Å². The van der Waals surface area contributed by atoms with Gasteiger partial charge in [-0.25, -0.2) is 0 Å². The third kappa shape index (κ3) is 10.2. The molecular weight excluding hydrogens is 1210 g/mol. The lowest BCUT2D eigenvalue weighted by Gasteiger charge is -2.32. The molecule has 2 heteroatoms. The Bertz CT molecular complexity index is 6140. The van der Waals surface area contributed by atoms with Gasteiger partial charge in [0.1, 0.15) is 0 Å². The molecule has 0 saturated heterocycles. The van der Waals surface area contributed by atoms with Crippen molar-refractivity contribution in [1.82, 2.24) is 0 Å². The Hall–Kier alpha value is -12.9. The topological polar surface area (TPSA) is 6.48 Å². The molecule has 100 heavy (non-hydrogen) atoms. The van der Waals surface area contributed by atoms with Gasteiger partial charge in [-0.05, 0) is 233 Å². The second-order valence-electron chi connectivity index (χ2n) is 26.6. The zero-order valence-corrected chi connectivity index (χ0v) is 55.1. The van der Waals surface area contributed by atoms with Gasteiger partial charge in [-0.15, -0.1) is 0 Å². The molecule has 2 aliphatic rings. The van der Waals surface area contributed by atoms with Gasteiger partial charge in [0.25, 0.3) is 0 Å². The van der Waals surface area contributed by atoms with Crippen LogP contribution in [0.4, 0.5) is 28.4 Å². The number of fused-ring (bicyclic) bond motifs is 12. The highest BCUT2D eigenvalue weighted by atomic mass is 15.1. The van der Waals surface area contributed by atoms with E-state index in [1.54, 1.807) is 0 Å². The molecule has 1 unspecified atom stereocenters. The van der Waals surface area contributed by atoms with Crippen LogP contribution in [0.25, 0.3) is 137 Å². The Labute approximate surface area is 582 Å². The van der Waals surface area contributed by atoms with Crippen molar-refractivity contribution in [2.75, 3.05) is 9.80 Å². The summed E-state index contributed by atoms with van der Waals surface area (Å²) in [6.07, 6.45) is 10.4. The van der Waals surface area contributed by atoms with E-state index in [-0.39, 0.29) is 0 Å². The van der Waals surface area contributed by atoms with Gasteiger partial charge in [-0.2, -0.15) is 0 Å². The first-order valence-corrected chi connectivity index (χ1v) is 34.8. The Kier molecular flexibility index (Phi) is 14.4. The molecule has 19 rings (SSSR count). The maximum atomic E-state index is 2.43. The standard InChI is InChI=1S/C98H66N2/c1-3-22-69(23-4-1)95-91-34-15-11-30-87(91)88-31-12-16-35-92(88)96(95)70-46-55-80(56-47-70)99(79-53-44-66(45-54-79)73-50-60-85-74(62-73)40-38-67-20-7-9-28-83(67)85)78-51-42-65(43-52-78)72-24-19-25-76(63-72)98-94-37-18-14-33-90(94)89-32-13-17-36-93(89)97(98)71-48-57-81(58-49-71)100(77-26-5-2-6-27-77)82-59-61-86-75(64-82)41-39-68-21-8-10-29-84(68)86/h1-60,62-64,86H,61H2. The van der Waals surface area contributed by atoms with E-state index in [9.17, 15) is 0 Å². The highest BCUT2D eigenvalue weighted by Gasteiger charge is 2.27. The number of hydrogen-bond acceptors (Lipinski definition) is 2. The first kappa shape index (κ1) is 58.5. The predicted molar refractivity (Wildman–Crippen MR) is 426 cm³/mol. The van der Waals surface area contributed by atoms with Crippen molar-refractivity contribution < 1.29 is 0 Å². The van der Waals surface area contributed by atoms with Crippen molar-refractivity contribution in [2.45, 2.75) is 12.3 Å². The molecule has 0 amide bonds. The van der Waals surface area contributed by atoms with Crippen LogP contribution in [0.3, 0.4) is 0 Å². The molecule has 0 aromatic heterocycles. The number of anilines is 5. The van der Waals surface area contributed by atoms with E-state index >= 15 is 0 Å². The molecule has 0 heterocycles. The van der Waals surface area contributed by atoms with E-state index in [1.165, 1.54) is 143 Å². The normalized spacial score (nSPS) is 13.3. The molecule has 0 fully saturated rings. The predicted octanol–water partition coefficient (Wildman–Crippen LogP) is 27.2. The Balaban J connectivity index is 0.703. The minimum absolute atomic E-state index is 0.348. The van der Waals surface area contributed by atoms with E-state index < -0.39 is 0 Å². The first-order valence-electron chi connectivity index (χ1n) is 34.8. The van der Waals surface area contributed by atoms with Crippen LogP contribution in [0.15, 0.2) is 387 Å². The second kappa shape index (κ2) is 24.6. The molecule has 0 N–H and O–H groups in total. The van der Waals surface area contributed by atoms with Crippen molar-refractivity contribution in [3.05, 3.63) is 399 Å². The lowest BCUT2D eigenvalue weighted by molar-refractivity contribution is 0.798. The zero-order chi connectivity index (χ0) is 66.0. The summed E-state index contributed by atoms with van der Waals surface area (Å²) < 4.78 is 0. The van der Waals surface area contributed by atoms with Crippen LogP contribution < -0.4 is 9.80 Å². The summed E-state index contributed by atoms with van der Waals surface area (Å²) in [5.74, 6) is 0.348. The van der Waals surface area contributed by atoms with Crippen LogP contribution in [0, 0.1) is 0 Å². The van der Waals surface area contributed by atoms with E-state index in [0.29, 0.717) is 5.92 Å². The summed E-state index contributed by atoms with van der Waals surface area (Å²) in [4.78, 5) is 4.82. The number of para-hydroxylation sites is 1. The van der Waals surface area contributed by atoms with Crippen LogP contribution in [-0.4, -0.2) is 0 Å². The fraction of sp³-hybridized carbons (Fsp3) is 0.0204. The van der Waals surface area contributed by atoms with Crippen LogP contribution in [0.1, 0.15) is 23.5 Å². The average Bonchev–Trinajstić information content (AvgIpc) is 0.741. The quantitative estimate of drug-likeness (QED) is 0.113. The maximum Gasteiger partial charge on any atom is 0.0462 e. The third-order valence-corrected chi connectivity index (χ3v) is 20.9. The summed E-state index contributed by atoms with van der Waals surface area (Å²) >= 11 is 0. The zero-order valence-electron chi connectivity index (χ0n) is 55.1. The molecule has 2 aliphatic carbocycles. The number of benzene rings is 17. The molecule has 17 aromatic rings. The molecule has 2 nitrogen and oxygen atoms in total. The van der Waals surface area contributed by atoms with Crippen LogP contribution in [0.2, 0.25) is 0 Å². The SMILES string of the molecule is C1=Cc2ccccc2C2CC=C(N(c3ccccc3)c3ccc(-c4c(-c5cccc(-c6ccc(N(c7ccc(-c8ccc9c(ccc%10ccccc%109)c8)cc7)c7ccc(-c8c(-c9ccccc9)c9ccccc9c9ccccc89)cc7)cc6)c5)c5ccccc5c5ccccc45)cc3)C=C12. The highest BCUT2D eigenvalue weighted by molar-refractivity contribution is 6.23. The third-order valence-electron chi connectivity index (χ3n) is 20.9. The van der Waals surface area contributed by atoms with Gasteiger partial charge >= 0.3 is 0 Å². The molecule has 468 valence electrons. The summed E-state index contributed by atoms with van der Waals surface area (Å²) in [6.45, 7) is 0. The number of rotatable bonds is 12. The van der Waals surface area contributed by atoms with Crippen molar-refractivity contribution >= 4 is 99.1 Å². The fourth-order valence-corrected chi connectivity index (χ4v) is 16.3. The fourth-order valence-electron chi connectivity index (χ4n) is 16.3. The van der Waals surface area contributed by atoms with E-state index in [1.807, 2.05) is 0 Å². The average molecular weight is 1270 g/mol. The Morgan fingerprint density at radius 2 is 0.610 bits per heavy atom. The number of nitrogens with zero attached hydrogens (tertiary/aromatic N) is 2. The van der Waals surface area contributed by atoms with Crippen molar-refractivity contribution in [3.63, 3.8) is 0 Å². The maximum absolute atomic E-state index is 2.43. The van der Waals surface area contributed by atoms with Gasteiger partial charge in [0.15, 0.2) is 0 Å². The molecule has 1 atom stereocenters. The highest BCUT2D eigenvalue weighted by Crippen LogP contribution is 2.50. The molecule has 0 spiro atoms. The van der Waals surface area contributed by atoms with E-state index in [0.717, 1.165) is 46.0 Å². The van der Waals surface area contributed by atoms with Gasteiger partial charge in [0, 0.05) is 40.1 Å². The lowest BCUT2D eigenvalue weighted by Crippen LogP contribution is -2.19. The molecule has 0 aliphatic heterocycles. The summed E-state index contributed by atoms with van der Waals surface area (Å²) in [5.41, 5.74) is 25.0. The van der Waals surface area contributed by atoms with Crippen molar-refractivity contribution in [3.8, 4) is 66.8 Å². The number of allylic oxidation sites excluding steroid dienone is 4. The first-order chi connectivity index (χ1) is 49.6. The Morgan fingerprint density at radius 1 is 0.230 bits per heavy atom. The van der Waals surface area contributed by atoms with Crippen molar-refractivity contribution in [2.24, 2.45) is 0 Å². The lowest BCUT2D eigenvalue weighted by atomic mass is 9.78. The molecule has 0 radical (unpaired) electrons. The monoisotopic (exact) mass is 1270 g/mol. The number of hydrogen-bond donors (Lipinski definition) is 0. The van der Waals surface area contributed by atoms with Crippen LogP contribution in [-0.2, 0) is 0 Å². The van der Waals surface area contributed by atoms with E-state index in [4.69, 9.17) is 0 Å².